The number of carbonyl (C=O) groups is 1. The van der Waals surface area contributed by atoms with E-state index < -0.39 is 10.1 Å². The Labute approximate surface area is 166 Å². The standard InChI is InChI=1S/C21H25NO5S/c1-15-6-7-16(2)20(13-15)28(24,25)27-18-10-8-17(9-11-18)21(23)22(3)14-19-5-4-12-26-19/h6-11,13,19H,4-5,12,14H2,1-3H3. The van der Waals surface area contributed by atoms with E-state index >= 15 is 0 Å². The van der Waals surface area contributed by atoms with Crippen molar-refractivity contribution in [2.45, 2.75) is 37.7 Å². The van der Waals surface area contributed by atoms with Gasteiger partial charge in [-0.05, 0) is 68.1 Å². The van der Waals surface area contributed by atoms with Gasteiger partial charge in [0.2, 0.25) is 0 Å². The number of nitrogens with zero attached hydrogens (tertiary/aromatic N) is 1. The van der Waals surface area contributed by atoms with Crippen LogP contribution in [0, 0.1) is 13.8 Å². The van der Waals surface area contributed by atoms with Crippen molar-refractivity contribution in [1.82, 2.24) is 4.90 Å². The van der Waals surface area contributed by atoms with Crippen LogP contribution < -0.4 is 4.18 Å². The Morgan fingerprint density at radius 3 is 2.54 bits per heavy atom. The van der Waals surface area contributed by atoms with Gasteiger partial charge in [0.25, 0.3) is 5.91 Å². The van der Waals surface area contributed by atoms with Crippen LogP contribution in [-0.2, 0) is 14.9 Å². The van der Waals surface area contributed by atoms with E-state index in [9.17, 15) is 13.2 Å². The predicted molar refractivity (Wildman–Crippen MR) is 106 cm³/mol. The molecule has 0 aromatic heterocycles. The third-order valence-electron chi connectivity index (χ3n) is 4.77. The SMILES string of the molecule is Cc1ccc(C)c(S(=O)(=O)Oc2ccc(C(=O)N(C)CC3CCCO3)cc2)c1. The summed E-state index contributed by atoms with van der Waals surface area (Å²) in [4.78, 5) is 14.3. The quantitative estimate of drug-likeness (QED) is 0.692. The molecule has 3 rings (SSSR count). The predicted octanol–water partition coefficient (Wildman–Crippen LogP) is 3.32. The second-order valence-corrected chi connectivity index (χ2v) is 8.67. The average molecular weight is 404 g/mol. The molecule has 2 aromatic carbocycles. The number of rotatable bonds is 6. The molecule has 1 aliphatic heterocycles. The second kappa shape index (κ2) is 8.32. The lowest BCUT2D eigenvalue weighted by Gasteiger charge is -2.21. The molecule has 1 aliphatic rings. The lowest BCUT2D eigenvalue weighted by molar-refractivity contribution is 0.0587. The van der Waals surface area contributed by atoms with Crippen LogP contribution in [0.2, 0.25) is 0 Å². The zero-order valence-electron chi connectivity index (χ0n) is 16.3. The van der Waals surface area contributed by atoms with Gasteiger partial charge in [-0.1, -0.05) is 12.1 Å². The molecule has 0 aliphatic carbocycles. The number of amides is 1. The molecular formula is C21H25NO5S. The third kappa shape index (κ3) is 4.72. The van der Waals surface area contributed by atoms with E-state index in [4.69, 9.17) is 8.92 Å². The van der Waals surface area contributed by atoms with Gasteiger partial charge >= 0.3 is 10.1 Å². The number of ether oxygens (including phenoxy) is 1. The maximum Gasteiger partial charge on any atom is 0.339 e. The number of carbonyl (C=O) groups excluding carboxylic acids is 1. The molecule has 0 radical (unpaired) electrons. The Morgan fingerprint density at radius 2 is 1.89 bits per heavy atom. The Bertz CT molecular complexity index is 947. The van der Waals surface area contributed by atoms with E-state index in [1.165, 1.54) is 12.1 Å². The summed E-state index contributed by atoms with van der Waals surface area (Å²) in [7, 11) is -2.21. The number of hydrogen-bond acceptors (Lipinski definition) is 5. The van der Waals surface area contributed by atoms with E-state index in [-0.39, 0.29) is 22.7 Å². The van der Waals surface area contributed by atoms with E-state index in [0.29, 0.717) is 17.7 Å². The largest absolute Gasteiger partial charge is 0.379 e. The average Bonchev–Trinajstić information content (AvgIpc) is 3.16. The van der Waals surface area contributed by atoms with Gasteiger partial charge in [0, 0.05) is 25.8 Å². The first-order valence-electron chi connectivity index (χ1n) is 9.25. The molecule has 0 bridgehead atoms. The molecule has 0 spiro atoms. The highest BCUT2D eigenvalue weighted by Gasteiger charge is 2.22. The molecule has 2 aromatic rings. The molecule has 7 heteroatoms. The van der Waals surface area contributed by atoms with Gasteiger partial charge in [0.15, 0.2) is 0 Å². The lowest BCUT2D eigenvalue weighted by Crippen LogP contribution is -2.34. The van der Waals surface area contributed by atoms with Crippen molar-refractivity contribution in [3.05, 3.63) is 59.2 Å². The number of likely N-dealkylation sites (N-methyl/N-ethyl adjacent to an activating group) is 1. The molecule has 1 amide bonds. The highest BCUT2D eigenvalue weighted by Crippen LogP contribution is 2.23. The second-order valence-electron chi connectivity index (χ2n) is 7.15. The highest BCUT2D eigenvalue weighted by atomic mass is 32.2. The van der Waals surface area contributed by atoms with E-state index in [2.05, 4.69) is 0 Å². The Kier molecular flexibility index (Phi) is 6.05. The van der Waals surface area contributed by atoms with Gasteiger partial charge in [-0.2, -0.15) is 8.42 Å². The van der Waals surface area contributed by atoms with Crippen molar-refractivity contribution in [1.29, 1.82) is 0 Å². The van der Waals surface area contributed by atoms with E-state index in [0.717, 1.165) is 25.0 Å². The summed E-state index contributed by atoms with van der Waals surface area (Å²) in [6, 6.07) is 11.3. The maximum atomic E-state index is 12.6. The number of hydrogen-bond donors (Lipinski definition) is 0. The van der Waals surface area contributed by atoms with Gasteiger partial charge in [0.05, 0.1) is 6.10 Å². The summed E-state index contributed by atoms with van der Waals surface area (Å²) in [5.74, 6) is 0.0265. The molecule has 1 heterocycles. The first kappa shape index (κ1) is 20.4. The molecule has 0 N–H and O–H groups in total. The molecule has 150 valence electrons. The fourth-order valence-corrected chi connectivity index (χ4v) is 4.45. The Hall–Kier alpha value is -2.38. The Morgan fingerprint density at radius 1 is 1.18 bits per heavy atom. The normalized spacial score (nSPS) is 16.8. The first-order chi connectivity index (χ1) is 13.3. The summed E-state index contributed by atoms with van der Waals surface area (Å²) < 4.78 is 36.0. The smallest absolute Gasteiger partial charge is 0.339 e. The number of benzene rings is 2. The highest BCUT2D eigenvalue weighted by molar-refractivity contribution is 7.87. The molecular weight excluding hydrogens is 378 g/mol. The van der Waals surface area contributed by atoms with Crippen molar-refractivity contribution in [3.8, 4) is 5.75 Å². The fraction of sp³-hybridized carbons (Fsp3) is 0.381. The fourth-order valence-electron chi connectivity index (χ4n) is 3.20. The summed E-state index contributed by atoms with van der Waals surface area (Å²) in [5, 5.41) is 0. The summed E-state index contributed by atoms with van der Waals surface area (Å²) >= 11 is 0. The van der Waals surface area contributed by atoms with Crippen molar-refractivity contribution in [3.63, 3.8) is 0 Å². The summed E-state index contributed by atoms with van der Waals surface area (Å²) in [6.07, 6.45) is 2.06. The van der Waals surface area contributed by atoms with Gasteiger partial charge in [-0.25, -0.2) is 0 Å². The minimum absolute atomic E-state index is 0.0827. The topological polar surface area (TPSA) is 72.9 Å². The van der Waals surface area contributed by atoms with Crippen molar-refractivity contribution < 1.29 is 22.1 Å². The van der Waals surface area contributed by atoms with Crippen LogP contribution in [0.4, 0.5) is 0 Å². The molecule has 1 unspecified atom stereocenters. The zero-order valence-corrected chi connectivity index (χ0v) is 17.2. The minimum Gasteiger partial charge on any atom is -0.379 e. The van der Waals surface area contributed by atoms with Crippen LogP contribution in [0.25, 0.3) is 0 Å². The van der Waals surface area contributed by atoms with E-state index in [1.54, 1.807) is 43.1 Å². The molecule has 6 nitrogen and oxygen atoms in total. The van der Waals surface area contributed by atoms with Gasteiger partial charge in [-0.3, -0.25) is 4.79 Å². The molecule has 28 heavy (non-hydrogen) atoms. The summed E-state index contributed by atoms with van der Waals surface area (Å²) in [5.41, 5.74) is 1.92. The molecule has 1 atom stereocenters. The summed E-state index contributed by atoms with van der Waals surface area (Å²) in [6.45, 7) is 4.83. The first-order valence-corrected chi connectivity index (χ1v) is 10.7. The van der Waals surface area contributed by atoms with Crippen LogP contribution in [0.3, 0.4) is 0 Å². The lowest BCUT2D eigenvalue weighted by atomic mass is 10.1. The van der Waals surface area contributed by atoms with Crippen molar-refractivity contribution in [2.75, 3.05) is 20.2 Å². The van der Waals surface area contributed by atoms with Crippen LogP contribution in [-0.4, -0.2) is 45.5 Å². The zero-order chi connectivity index (χ0) is 20.3. The van der Waals surface area contributed by atoms with Crippen LogP contribution >= 0.6 is 0 Å². The van der Waals surface area contributed by atoms with Gasteiger partial charge < -0.3 is 13.8 Å². The Balaban J connectivity index is 1.70. The van der Waals surface area contributed by atoms with Gasteiger partial charge in [0.1, 0.15) is 10.6 Å². The van der Waals surface area contributed by atoms with Crippen LogP contribution in [0.1, 0.15) is 34.3 Å². The molecule has 1 fully saturated rings. The van der Waals surface area contributed by atoms with Gasteiger partial charge in [-0.15, -0.1) is 0 Å². The molecule has 0 saturated carbocycles. The van der Waals surface area contributed by atoms with Crippen LogP contribution in [0.5, 0.6) is 5.75 Å². The maximum absolute atomic E-state index is 12.6. The van der Waals surface area contributed by atoms with Crippen LogP contribution in [0.15, 0.2) is 47.4 Å². The third-order valence-corrected chi connectivity index (χ3v) is 6.16. The van der Waals surface area contributed by atoms with E-state index in [1.807, 2.05) is 13.0 Å². The molecule has 1 saturated heterocycles. The van der Waals surface area contributed by atoms with Crippen molar-refractivity contribution >= 4 is 16.0 Å². The number of aryl methyl sites for hydroxylation is 2. The minimum atomic E-state index is -3.94. The monoisotopic (exact) mass is 403 g/mol. The van der Waals surface area contributed by atoms with Crippen molar-refractivity contribution in [2.24, 2.45) is 0 Å².